The molecule has 4 nitrogen and oxygen atoms in total. The van der Waals surface area contributed by atoms with Crippen LogP contribution in [-0.4, -0.2) is 31.1 Å². The molecule has 2 aromatic rings. The highest BCUT2D eigenvalue weighted by molar-refractivity contribution is 14.0. The largest absolute Gasteiger partial charge is 0.356 e. The third-order valence-electron chi connectivity index (χ3n) is 3.51. The van der Waals surface area contributed by atoms with E-state index in [1.165, 1.54) is 10.4 Å². The molecule has 0 fully saturated rings. The van der Waals surface area contributed by atoms with Crippen molar-refractivity contribution in [1.29, 1.82) is 0 Å². The van der Waals surface area contributed by atoms with E-state index in [0.29, 0.717) is 5.92 Å². The zero-order valence-corrected chi connectivity index (χ0v) is 17.0. The van der Waals surface area contributed by atoms with Gasteiger partial charge in [0.1, 0.15) is 0 Å². The number of halogens is 1. The quantitative estimate of drug-likeness (QED) is 0.407. The minimum absolute atomic E-state index is 0. The highest BCUT2D eigenvalue weighted by Crippen LogP contribution is 2.19. The van der Waals surface area contributed by atoms with E-state index in [2.05, 4.69) is 51.1 Å². The van der Waals surface area contributed by atoms with E-state index in [0.717, 1.165) is 31.2 Å². The first-order valence-corrected chi connectivity index (χ1v) is 8.46. The summed E-state index contributed by atoms with van der Waals surface area (Å²) in [5, 5.41) is 8.85. The first-order valence-electron chi connectivity index (χ1n) is 7.58. The molecule has 0 saturated heterocycles. The van der Waals surface area contributed by atoms with E-state index >= 15 is 0 Å². The molecule has 0 bridgehead atoms. The fraction of sp³-hybridized carbons (Fsp3) is 0.412. The van der Waals surface area contributed by atoms with E-state index in [-0.39, 0.29) is 24.0 Å². The molecule has 2 rings (SSSR count). The molecule has 0 aliphatic rings. The van der Waals surface area contributed by atoms with Crippen molar-refractivity contribution in [3.8, 4) is 0 Å². The molecular formula is C17H25IN4S. The summed E-state index contributed by atoms with van der Waals surface area (Å²) in [5.41, 5.74) is 2.29. The van der Waals surface area contributed by atoms with Crippen LogP contribution < -0.4 is 10.6 Å². The fourth-order valence-electron chi connectivity index (χ4n) is 2.11. The normalized spacial score (nSPS) is 12.4. The molecule has 23 heavy (non-hydrogen) atoms. The Kier molecular flexibility index (Phi) is 9.16. The average Bonchev–Trinajstić information content (AvgIpc) is 3.06. The minimum atomic E-state index is 0. The van der Waals surface area contributed by atoms with Gasteiger partial charge in [0.25, 0.3) is 0 Å². The summed E-state index contributed by atoms with van der Waals surface area (Å²) >= 11 is 1.80. The summed E-state index contributed by atoms with van der Waals surface area (Å²) in [6.45, 7) is 5.96. The number of pyridine rings is 1. The van der Waals surface area contributed by atoms with Crippen LogP contribution in [0.5, 0.6) is 0 Å². The Labute approximate surface area is 159 Å². The number of nitrogens with one attached hydrogen (secondary N) is 2. The van der Waals surface area contributed by atoms with E-state index in [1.54, 1.807) is 18.4 Å². The number of hydrogen-bond acceptors (Lipinski definition) is 3. The zero-order chi connectivity index (χ0) is 15.8. The van der Waals surface area contributed by atoms with E-state index in [9.17, 15) is 0 Å². The molecular weight excluding hydrogens is 419 g/mol. The molecule has 0 amide bonds. The Morgan fingerprint density at radius 3 is 2.74 bits per heavy atom. The lowest BCUT2D eigenvalue weighted by molar-refractivity contribution is 0.706. The molecule has 0 spiro atoms. The van der Waals surface area contributed by atoms with Crippen molar-refractivity contribution in [2.24, 2.45) is 4.99 Å². The molecule has 2 aromatic heterocycles. The summed E-state index contributed by atoms with van der Waals surface area (Å²) in [6, 6.07) is 8.45. The summed E-state index contributed by atoms with van der Waals surface area (Å²) in [4.78, 5) is 9.98. The third kappa shape index (κ3) is 6.87. The average molecular weight is 444 g/mol. The van der Waals surface area contributed by atoms with Gasteiger partial charge >= 0.3 is 0 Å². The van der Waals surface area contributed by atoms with E-state index in [1.807, 2.05) is 19.2 Å². The van der Waals surface area contributed by atoms with Gasteiger partial charge in [-0.05, 0) is 36.4 Å². The minimum Gasteiger partial charge on any atom is -0.356 e. The predicted molar refractivity (Wildman–Crippen MR) is 110 cm³/mol. The van der Waals surface area contributed by atoms with Crippen LogP contribution in [0.4, 0.5) is 0 Å². The van der Waals surface area contributed by atoms with Crippen LogP contribution in [-0.2, 0) is 6.42 Å². The van der Waals surface area contributed by atoms with Crippen LogP contribution in [0.3, 0.4) is 0 Å². The number of rotatable bonds is 6. The molecule has 0 radical (unpaired) electrons. The van der Waals surface area contributed by atoms with Crippen molar-refractivity contribution in [2.75, 3.05) is 20.1 Å². The number of aryl methyl sites for hydroxylation is 1. The first kappa shape index (κ1) is 19.9. The fourth-order valence-corrected chi connectivity index (χ4v) is 2.90. The van der Waals surface area contributed by atoms with E-state index in [4.69, 9.17) is 0 Å². The third-order valence-corrected chi connectivity index (χ3v) is 4.61. The molecule has 0 aliphatic heterocycles. The molecule has 0 aromatic carbocycles. The maximum absolute atomic E-state index is 4.31. The van der Waals surface area contributed by atoms with Crippen LogP contribution in [0, 0.1) is 6.92 Å². The van der Waals surface area contributed by atoms with Gasteiger partial charge in [0, 0.05) is 42.8 Å². The van der Waals surface area contributed by atoms with Crippen LogP contribution in [0.25, 0.3) is 0 Å². The second-order valence-electron chi connectivity index (χ2n) is 5.35. The van der Waals surface area contributed by atoms with Crippen molar-refractivity contribution in [2.45, 2.75) is 26.2 Å². The monoisotopic (exact) mass is 444 g/mol. The van der Waals surface area contributed by atoms with Gasteiger partial charge < -0.3 is 10.6 Å². The SMILES string of the molecule is CN=C(NCCc1ccc(C)nc1)NCC(C)c1cccs1.I. The number of hydrogen-bond donors (Lipinski definition) is 2. The Morgan fingerprint density at radius 1 is 1.30 bits per heavy atom. The Bertz CT molecular complexity index is 581. The molecule has 2 heterocycles. The predicted octanol–water partition coefficient (Wildman–Crippen LogP) is 3.58. The number of nitrogens with zero attached hydrogens (tertiary/aromatic N) is 2. The molecule has 0 saturated carbocycles. The van der Waals surface area contributed by atoms with Gasteiger partial charge in [-0.1, -0.05) is 19.1 Å². The lowest BCUT2D eigenvalue weighted by atomic mass is 10.1. The zero-order valence-electron chi connectivity index (χ0n) is 13.9. The molecule has 1 unspecified atom stereocenters. The summed E-state index contributed by atoms with van der Waals surface area (Å²) in [6.07, 6.45) is 2.88. The smallest absolute Gasteiger partial charge is 0.191 e. The standard InChI is InChI=1S/C17H24N4S.HI/c1-13(16-5-4-10-22-16)11-21-17(18-3)19-9-8-15-7-6-14(2)20-12-15;/h4-7,10,12-13H,8-9,11H2,1-3H3,(H2,18,19,21);1H. The summed E-state index contributed by atoms with van der Waals surface area (Å²) in [7, 11) is 1.80. The Hall–Kier alpha value is -1.15. The van der Waals surface area contributed by atoms with Crippen molar-refractivity contribution in [3.63, 3.8) is 0 Å². The van der Waals surface area contributed by atoms with Crippen LogP contribution in [0.15, 0.2) is 40.8 Å². The summed E-state index contributed by atoms with van der Waals surface area (Å²) < 4.78 is 0. The maximum atomic E-state index is 4.31. The maximum Gasteiger partial charge on any atom is 0.191 e. The highest BCUT2D eigenvalue weighted by atomic mass is 127. The molecule has 1 atom stereocenters. The number of guanidine groups is 1. The van der Waals surface area contributed by atoms with Crippen molar-refractivity contribution in [1.82, 2.24) is 15.6 Å². The highest BCUT2D eigenvalue weighted by Gasteiger charge is 2.07. The topological polar surface area (TPSA) is 49.3 Å². The van der Waals surface area contributed by atoms with Crippen molar-refractivity contribution >= 4 is 41.3 Å². The summed E-state index contributed by atoms with van der Waals surface area (Å²) in [5.74, 6) is 1.34. The number of aliphatic imine (C=N–C) groups is 1. The molecule has 126 valence electrons. The second-order valence-corrected chi connectivity index (χ2v) is 6.33. The van der Waals surface area contributed by atoms with Gasteiger partial charge in [0.2, 0.25) is 0 Å². The molecule has 2 N–H and O–H groups in total. The number of thiophene rings is 1. The Morgan fingerprint density at radius 2 is 2.13 bits per heavy atom. The van der Waals surface area contributed by atoms with Gasteiger partial charge in [-0.25, -0.2) is 0 Å². The number of aromatic nitrogens is 1. The lowest BCUT2D eigenvalue weighted by Crippen LogP contribution is -2.39. The Balaban J connectivity index is 0.00000264. The van der Waals surface area contributed by atoms with Gasteiger partial charge in [-0.2, -0.15) is 0 Å². The lowest BCUT2D eigenvalue weighted by Gasteiger charge is -2.15. The molecule has 6 heteroatoms. The van der Waals surface area contributed by atoms with Crippen LogP contribution >= 0.6 is 35.3 Å². The van der Waals surface area contributed by atoms with Crippen LogP contribution in [0.1, 0.15) is 29.0 Å². The van der Waals surface area contributed by atoms with Gasteiger partial charge in [-0.3, -0.25) is 9.98 Å². The van der Waals surface area contributed by atoms with Crippen molar-refractivity contribution in [3.05, 3.63) is 52.0 Å². The first-order chi connectivity index (χ1) is 10.7. The van der Waals surface area contributed by atoms with Crippen molar-refractivity contribution < 1.29 is 0 Å². The van der Waals surface area contributed by atoms with Gasteiger partial charge in [0.15, 0.2) is 5.96 Å². The van der Waals surface area contributed by atoms with Gasteiger partial charge in [0.05, 0.1) is 0 Å². The van der Waals surface area contributed by atoms with Crippen LogP contribution in [0.2, 0.25) is 0 Å². The second kappa shape index (κ2) is 10.6. The van der Waals surface area contributed by atoms with Gasteiger partial charge in [-0.15, -0.1) is 35.3 Å². The molecule has 0 aliphatic carbocycles. The van der Waals surface area contributed by atoms with E-state index < -0.39 is 0 Å².